The molecular formula is C8H4BrFIN. The maximum Gasteiger partial charge on any atom is 0.138 e. The van der Waals surface area contributed by atoms with E-state index >= 15 is 0 Å². The zero-order valence-corrected chi connectivity index (χ0v) is 9.69. The number of benzene rings is 1. The van der Waals surface area contributed by atoms with Crippen LogP contribution < -0.4 is 0 Å². The van der Waals surface area contributed by atoms with Crippen molar-refractivity contribution >= 4 is 38.5 Å². The number of halogens is 3. The second kappa shape index (κ2) is 4.19. The van der Waals surface area contributed by atoms with Gasteiger partial charge in [-0.2, -0.15) is 5.26 Å². The fourth-order valence-electron chi connectivity index (χ4n) is 0.823. The molecule has 0 bridgehead atoms. The van der Waals surface area contributed by atoms with Crippen LogP contribution in [0.3, 0.4) is 0 Å². The van der Waals surface area contributed by atoms with Crippen LogP contribution in [0.1, 0.15) is 5.56 Å². The highest BCUT2D eigenvalue weighted by Gasteiger charge is 2.06. The van der Waals surface area contributed by atoms with Gasteiger partial charge in [0.15, 0.2) is 0 Å². The van der Waals surface area contributed by atoms with Gasteiger partial charge in [-0.15, -0.1) is 0 Å². The van der Waals surface area contributed by atoms with Gasteiger partial charge in [-0.1, -0.05) is 0 Å². The summed E-state index contributed by atoms with van der Waals surface area (Å²) in [5, 5.41) is 8.43. The maximum absolute atomic E-state index is 13.0. The van der Waals surface area contributed by atoms with E-state index in [0.29, 0.717) is 10.0 Å². The highest BCUT2D eigenvalue weighted by atomic mass is 127. The van der Waals surface area contributed by atoms with Crippen molar-refractivity contribution in [3.05, 3.63) is 31.6 Å². The first-order valence-electron chi connectivity index (χ1n) is 3.15. The van der Waals surface area contributed by atoms with Crippen LogP contribution in [-0.2, 0) is 6.42 Å². The molecule has 0 aromatic heterocycles. The van der Waals surface area contributed by atoms with Crippen LogP contribution in [0, 0.1) is 20.7 Å². The zero-order chi connectivity index (χ0) is 9.14. The molecule has 0 saturated heterocycles. The minimum Gasteiger partial charge on any atom is -0.206 e. The van der Waals surface area contributed by atoms with E-state index in [9.17, 15) is 4.39 Å². The van der Waals surface area contributed by atoms with Crippen LogP contribution in [0.2, 0.25) is 0 Å². The Labute approximate surface area is 91.8 Å². The summed E-state index contributed by atoms with van der Waals surface area (Å²) in [5.41, 5.74) is 0.696. The molecule has 0 aliphatic heterocycles. The predicted molar refractivity (Wildman–Crippen MR) is 56.1 cm³/mol. The van der Waals surface area contributed by atoms with Crippen molar-refractivity contribution in [2.75, 3.05) is 0 Å². The second-order valence-corrected chi connectivity index (χ2v) is 4.23. The molecule has 0 unspecified atom stereocenters. The van der Waals surface area contributed by atoms with E-state index in [4.69, 9.17) is 5.26 Å². The maximum atomic E-state index is 13.0. The molecule has 0 heterocycles. The van der Waals surface area contributed by atoms with Gasteiger partial charge in [-0.25, -0.2) is 4.39 Å². The topological polar surface area (TPSA) is 23.8 Å². The third-order valence-corrected chi connectivity index (χ3v) is 2.85. The fraction of sp³-hybridized carbons (Fsp3) is 0.125. The van der Waals surface area contributed by atoms with Crippen LogP contribution in [0.25, 0.3) is 0 Å². The largest absolute Gasteiger partial charge is 0.206 e. The standard InChI is InChI=1S/C8H4BrFIN/c9-8-5(1-2-12)3-6(11)4-7(8)10/h3-4H,1H2. The molecule has 0 N–H and O–H groups in total. The number of rotatable bonds is 1. The van der Waals surface area contributed by atoms with Crippen molar-refractivity contribution in [2.24, 2.45) is 0 Å². The molecule has 0 amide bonds. The molecule has 4 heteroatoms. The Morgan fingerprint density at radius 3 is 2.83 bits per heavy atom. The lowest BCUT2D eigenvalue weighted by molar-refractivity contribution is 0.618. The summed E-state index contributed by atoms with van der Waals surface area (Å²) in [5.74, 6) is -0.313. The molecule has 1 rings (SSSR count). The van der Waals surface area contributed by atoms with Crippen LogP contribution in [0.5, 0.6) is 0 Å². The number of nitriles is 1. The third-order valence-electron chi connectivity index (χ3n) is 1.34. The smallest absolute Gasteiger partial charge is 0.138 e. The predicted octanol–water partition coefficient (Wildman–Crippen LogP) is 3.26. The van der Waals surface area contributed by atoms with Crippen LogP contribution in [0.15, 0.2) is 16.6 Å². The van der Waals surface area contributed by atoms with Crippen molar-refractivity contribution in [3.63, 3.8) is 0 Å². The van der Waals surface area contributed by atoms with Gasteiger partial charge in [0.1, 0.15) is 5.82 Å². The SMILES string of the molecule is N#CCc1cc(I)cc(F)c1Br. The van der Waals surface area contributed by atoms with Gasteiger partial charge in [-0.05, 0) is 56.2 Å². The average molecular weight is 340 g/mol. The summed E-state index contributed by atoms with van der Waals surface area (Å²) in [6.07, 6.45) is 0.231. The lowest BCUT2D eigenvalue weighted by Crippen LogP contribution is -1.89. The average Bonchev–Trinajstić information content (AvgIpc) is 2.00. The van der Waals surface area contributed by atoms with E-state index in [2.05, 4.69) is 15.9 Å². The van der Waals surface area contributed by atoms with E-state index in [0.717, 1.165) is 3.57 Å². The van der Waals surface area contributed by atoms with Crippen molar-refractivity contribution in [2.45, 2.75) is 6.42 Å². The minimum absolute atomic E-state index is 0.231. The lowest BCUT2D eigenvalue weighted by atomic mass is 10.2. The van der Waals surface area contributed by atoms with Crippen molar-refractivity contribution in [1.82, 2.24) is 0 Å². The first-order chi connectivity index (χ1) is 5.65. The lowest BCUT2D eigenvalue weighted by Gasteiger charge is -2.01. The van der Waals surface area contributed by atoms with Crippen LogP contribution in [-0.4, -0.2) is 0 Å². The minimum atomic E-state index is -0.313. The number of hydrogen-bond donors (Lipinski definition) is 0. The Bertz CT molecular complexity index is 346. The molecular weight excluding hydrogens is 336 g/mol. The Balaban J connectivity index is 3.20. The van der Waals surface area contributed by atoms with Gasteiger partial charge in [-0.3, -0.25) is 0 Å². The fourth-order valence-corrected chi connectivity index (χ4v) is 1.84. The number of nitrogens with zero attached hydrogens (tertiary/aromatic N) is 1. The molecule has 62 valence electrons. The highest BCUT2D eigenvalue weighted by Crippen LogP contribution is 2.23. The molecule has 0 atom stereocenters. The van der Waals surface area contributed by atoms with E-state index in [1.165, 1.54) is 6.07 Å². The molecule has 0 spiro atoms. The Hall–Kier alpha value is -0.150. The molecule has 0 aliphatic carbocycles. The highest BCUT2D eigenvalue weighted by molar-refractivity contribution is 14.1. The summed E-state index contributed by atoms with van der Waals surface area (Å²) in [6, 6.07) is 5.19. The summed E-state index contributed by atoms with van der Waals surface area (Å²) < 4.78 is 14.2. The number of hydrogen-bond acceptors (Lipinski definition) is 1. The summed E-state index contributed by atoms with van der Waals surface area (Å²) in [4.78, 5) is 0. The van der Waals surface area contributed by atoms with Crippen molar-refractivity contribution in [1.29, 1.82) is 5.26 Å². The molecule has 1 aromatic rings. The van der Waals surface area contributed by atoms with Gasteiger partial charge in [0.2, 0.25) is 0 Å². The van der Waals surface area contributed by atoms with Crippen LogP contribution >= 0.6 is 38.5 Å². The Morgan fingerprint density at radius 2 is 2.25 bits per heavy atom. The van der Waals surface area contributed by atoms with Gasteiger partial charge in [0.25, 0.3) is 0 Å². The summed E-state index contributed by atoms with van der Waals surface area (Å²) in [6.45, 7) is 0. The Kier molecular flexibility index (Phi) is 3.47. The summed E-state index contributed by atoms with van der Waals surface area (Å²) in [7, 11) is 0. The van der Waals surface area contributed by atoms with Gasteiger partial charge in [0, 0.05) is 3.57 Å². The second-order valence-electron chi connectivity index (χ2n) is 2.20. The molecule has 0 fully saturated rings. The van der Waals surface area contributed by atoms with Gasteiger partial charge >= 0.3 is 0 Å². The van der Waals surface area contributed by atoms with E-state index in [1.807, 2.05) is 28.7 Å². The molecule has 0 saturated carbocycles. The first kappa shape index (κ1) is 9.93. The summed E-state index contributed by atoms with van der Waals surface area (Å²) >= 11 is 5.10. The van der Waals surface area contributed by atoms with E-state index in [-0.39, 0.29) is 12.2 Å². The molecule has 0 radical (unpaired) electrons. The quantitative estimate of drug-likeness (QED) is 0.569. The monoisotopic (exact) mass is 339 g/mol. The van der Waals surface area contributed by atoms with Crippen molar-refractivity contribution in [3.8, 4) is 6.07 Å². The third kappa shape index (κ3) is 2.17. The zero-order valence-electron chi connectivity index (χ0n) is 5.94. The van der Waals surface area contributed by atoms with Gasteiger partial charge in [0.05, 0.1) is 17.0 Å². The van der Waals surface area contributed by atoms with E-state index < -0.39 is 0 Å². The van der Waals surface area contributed by atoms with E-state index in [1.54, 1.807) is 6.07 Å². The van der Waals surface area contributed by atoms with Crippen LogP contribution in [0.4, 0.5) is 4.39 Å². The van der Waals surface area contributed by atoms with Gasteiger partial charge < -0.3 is 0 Å². The molecule has 1 nitrogen and oxygen atoms in total. The first-order valence-corrected chi connectivity index (χ1v) is 5.02. The normalized spacial score (nSPS) is 9.50. The Morgan fingerprint density at radius 1 is 1.58 bits per heavy atom. The molecule has 12 heavy (non-hydrogen) atoms. The molecule has 1 aromatic carbocycles. The molecule has 0 aliphatic rings. The van der Waals surface area contributed by atoms with Crippen molar-refractivity contribution < 1.29 is 4.39 Å².